The molecule has 0 spiro atoms. The molecule has 2 aromatic heterocycles. The Morgan fingerprint density at radius 3 is 3.23 bits per heavy atom. The highest BCUT2D eigenvalue weighted by molar-refractivity contribution is 5.55. The van der Waals surface area contributed by atoms with Gasteiger partial charge in [-0.1, -0.05) is 0 Å². The van der Waals surface area contributed by atoms with Crippen LogP contribution < -0.4 is 5.32 Å². The number of nitro groups is 1. The first kappa shape index (κ1) is 14.4. The van der Waals surface area contributed by atoms with Crippen LogP contribution in [0.25, 0.3) is 0 Å². The van der Waals surface area contributed by atoms with E-state index in [0.717, 1.165) is 25.2 Å². The summed E-state index contributed by atoms with van der Waals surface area (Å²) in [7, 11) is 1.59. The van der Waals surface area contributed by atoms with Crippen LogP contribution in [0.3, 0.4) is 0 Å². The second-order valence-corrected chi connectivity index (χ2v) is 5.01. The van der Waals surface area contributed by atoms with Crippen LogP contribution in [0.2, 0.25) is 0 Å². The van der Waals surface area contributed by atoms with Gasteiger partial charge in [0.15, 0.2) is 5.82 Å². The van der Waals surface area contributed by atoms with Crippen molar-refractivity contribution in [3.63, 3.8) is 0 Å². The van der Waals surface area contributed by atoms with E-state index >= 15 is 0 Å². The second kappa shape index (κ2) is 6.06. The van der Waals surface area contributed by atoms with Gasteiger partial charge in [-0.15, -0.1) is 0 Å². The Labute approximate surface area is 126 Å². The van der Waals surface area contributed by atoms with Gasteiger partial charge in [-0.05, 0) is 18.9 Å². The Kier molecular flexibility index (Phi) is 3.96. The Bertz CT molecular complexity index is 686. The number of anilines is 1. The molecule has 0 aliphatic carbocycles. The Morgan fingerprint density at radius 1 is 1.59 bits per heavy atom. The molecule has 3 heterocycles. The SMILES string of the molecule is COCc1nc2n(n1)CCCC2Nc1ncccc1[N+](=O)[O-]. The number of nitrogens with one attached hydrogen (secondary N) is 1. The normalized spacial score (nSPS) is 17.0. The highest BCUT2D eigenvalue weighted by atomic mass is 16.6. The molecule has 9 nitrogen and oxygen atoms in total. The van der Waals surface area contributed by atoms with Crippen LogP contribution in [0.4, 0.5) is 11.5 Å². The van der Waals surface area contributed by atoms with E-state index in [0.29, 0.717) is 12.4 Å². The summed E-state index contributed by atoms with van der Waals surface area (Å²) >= 11 is 0. The van der Waals surface area contributed by atoms with Gasteiger partial charge in [0.05, 0.1) is 11.0 Å². The molecule has 1 aliphatic heterocycles. The van der Waals surface area contributed by atoms with Crippen molar-refractivity contribution in [2.45, 2.75) is 32.0 Å². The number of ether oxygens (including phenoxy) is 1. The van der Waals surface area contributed by atoms with Crippen LogP contribution in [0.15, 0.2) is 18.3 Å². The first-order chi connectivity index (χ1) is 10.7. The molecule has 2 aromatic rings. The molecule has 0 bridgehead atoms. The number of pyridine rings is 1. The number of rotatable bonds is 5. The minimum absolute atomic E-state index is 0.0451. The maximum absolute atomic E-state index is 11.1. The third-order valence-electron chi connectivity index (χ3n) is 3.49. The summed E-state index contributed by atoms with van der Waals surface area (Å²) in [4.78, 5) is 19.2. The first-order valence-corrected chi connectivity index (χ1v) is 6.97. The van der Waals surface area contributed by atoms with Crippen molar-refractivity contribution in [1.29, 1.82) is 0 Å². The molecule has 116 valence electrons. The minimum atomic E-state index is -0.445. The molecule has 3 rings (SSSR count). The van der Waals surface area contributed by atoms with E-state index in [2.05, 4.69) is 20.4 Å². The zero-order chi connectivity index (χ0) is 15.5. The van der Waals surface area contributed by atoms with Crippen LogP contribution in [0.5, 0.6) is 0 Å². The molecule has 0 radical (unpaired) electrons. The fraction of sp³-hybridized carbons (Fsp3) is 0.462. The number of nitrogens with zero attached hydrogens (tertiary/aromatic N) is 5. The summed E-state index contributed by atoms with van der Waals surface area (Å²) < 4.78 is 6.87. The lowest BCUT2D eigenvalue weighted by Crippen LogP contribution is -2.23. The second-order valence-electron chi connectivity index (χ2n) is 5.01. The minimum Gasteiger partial charge on any atom is -0.377 e. The van der Waals surface area contributed by atoms with Gasteiger partial charge in [0, 0.05) is 25.9 Å². The molecule has 9 heteroatoms. The van der Waals surface area contributed by atoms with Crippen LogP contribution in [0.1, 0.15) is 30.5 Å². The fourth-order valence-electron chi connectivity index (χ4n) is 2.55. The van der Waals surface area contributed by atoms with Crippen LogP contribution in [0, 0.1) is 10.1 Å². The van der Waals surface area contributed by atoms with E-state index in [1.165, 1.54) is 12.3 Å². The van der Waals surface area contributed by atoms with E-state index in [4.69, 9.17) is 4.74 Å². The van der Waals surface area contributed by atoms with Gasteiger partial charge < -0.3 is 10.1 Å². The number of hydrogen-bond donors (Lipinski definition) is 1. The quantitative estimate of drug-likeness (QED) is 0.661. The highest BCUT2D eigenvalue weighted by Gasteiger charge is 2.26. The summed E-state index contributed by atoms with van der Waals surface area (Å²) in [6.07, 6.45) is 3.26. The molecule has 1 atom stereocenters. The van der Waals surface area contributed by atoms with Gasteiger partial charge in [-0.3, -0.25) is 10.1 Å². The average molecular weight is 304 g/mol. The maximum atomic E-state index is 11.1. The Hall–Kier alpha value is -2.55. The lowest BCUT2D eigenvalue weighted by atomic mass is 10.1. The molecule has 0 amide bonds. The molecular formula is C13H16N6O3. The number of methoxy groups -OCH3 is 1. The van der Waals surface area contributed by atoms with Gasteiger partial charge in [0.1, 0.15) is 12.4 Å². The van der Waals surface area contributed by atoms with Crippen LogP contribution >= 0.6 is 0 Å². The zero-order valence-electron chi connectivity index (χ0n) is 12.1. The molecule has 0 saturated heterocycles. The smallest absolute Gasteiger partial charge is 0.311 e. The van der Waals surface area contributed by atoms with E-state index in [9.17, 15) is 10.1 Å². The van der Waals surface area contributed by atoms with Gasteiger partial charge in [0.2, 0.25) is 5.82 Å². The predicted molar refractivity (Wildman–Crippen MR) is 77.2 cm³/mol. The van der Waals surface area contributed by atoms with Gasteiger partial charge in [-0.2, -0.15) is 5.10 Å². The van der Waals surface area contributed by atoms with Gasteiger partial charge in [0.25, 0.3) is 0 Å². The van der Waals surface area contributed by atoms with Crippen molar-refractivity contribution >= 4 is 11.5 Å². The largest absolute Gasteiger partial charge is 0.377 e. The van der Waals surface area contributed by atoms with E-state index in [-0.39, 0.29) is 17.5 Å². The summed E-state index contributed by atoms with van der Waals surface area (Å²) in [5.41, 5.74) is -0.0451. The number of hydrogen-bond acceptors (Lipinski definition) is 7. The van der Waals surface area contributed by atoms with Crippen molar-refractivity contribution in [3.05, 3.63) is 40.1 Å². The standard InChI is InChI=1S/C13H16N6O3/c1-22-8-11-16-13-9(4-3-7-18(13)17-11)15-12-10(19(20)21)5-2-6-14-12/h2,5-6,9H,3-4,7-8H2,1H3,(H,14,15). The van der Waals surface area contributed by atoms with Gasteiger partial charge >= 0.3 is 5.69 Å². The van der Waals surface area contributed by atoms with Crippen LogP contribution in [-0.4, -0.2) is 31.8 Å². The molecule has 22 heavy (non-hydrogen) atoms. The summed E-state index contributed by atoms with van der Waals surface area (Å²) in [5, 5.41) is 18.6. The third kappa shape index (κ3) is 2.75. The Morgan fingerprint density at radius 2 is 2.45 bits per heavy atom. The molecule has 0 saturated carbocycles. The van der Waals surface area contributed by atoms with Gasteiger partial charge in [-0.25, -0.2) is 14.6 Å². The molecule has 0 fully saturated rings. The molecule has 1 N–H and O–H groups in total. The molecule has 1 aliphatic rings. The lowest BCUT2D eigenvalue weighted by Gasteiger charge is -2.23. The maximum Gasteiger partial charge on any atom is 0.311 e. The number of aryl methyl sites for hydroxylation is 1. The van der Waals surface area contributed by atoms with Crippen molar-refractivity contribution in [3.8, 4) is 0 Å². The monoisotopic (exact) mass is 304 g/mol. The van der Waals surface area contributed by atoms with Crippen molar-refractivity contribution in [2.75, 3.05) is 12.4 Å². The van der Waals surface area contributed by atoms with E-state index in [1.54, 1.807) is 13.2 Å². The van der Waals surface area contributed by atoms with Crippen molar-refractivity contribution < 1.29 is 9.66 Å². The summed E-state index contributed by atoms with van der Waals surface area (Å²) in [6.45, 7) is 1.13. The number of fused-ring (bicyclic) bond motifs is 1. The van der Waals surface area contributed by atoms with E-state index < -0.39 is 4.92 Å². The Balaban J connectivity index is 1.87. The summed E-state index contributed by atoms with van der Waals surface area (Å²) in [5.74, 6) is 1.63. The highest BCUT2D eigenvalue weighted by Crippen LogP contribution is 2.30. The molecular weight excluding hydrogens is 288 g/mol. The topological polar surface area (TPSA) is 108 Å². The third-order valence-corrected chi connectivity index (χ3v) is 3.49. The number of aromatic nitrogens is 4. The van der Waals surface area contributed by atoms with Crippen molar-refractivity contribution in [2.24, 2.45) is 0 Å². The zero-order valence-corrected chi connectivity index (χ0v) is 12.1. The molecule has 1 unspecified atom stereocenters. The van der Waals surface area contributed by atoms with E-state index in [1.807, 2.05) is 4.68 Å². The average Bonchev–Trinajstić information content (AvgIpc) is 2.92. The molecule has 0 aromatic carbocycles. The van der Waals surface area contributed by atoms with Crippen molar-refractivity contribution in [1.82, 2.24) is 19.7 Å². The lowest BCUT2D eigenvalue weighted by molar-refractivity contribution is -0.384. The predicted octanol–water partition coefficient (Wildman–Crippen LogP) is 1.67. The van der Waals surface area contributed by atoms with Crippen LogP contribution in [-0.2, 0) is 17.9 Å². The first-order valence-electron chi connectivity index (χ1n) is 6.97. The summed E-state index contributed by atoms with van der Waals surface area (Å²) in [6, 6.07) is 2.82. The fourth-order valence-corrected chi connectivity index (χ4v) is 2.55.